The summed E-state index contributed by atoms with van der Waals surface area (Å²) in [6, 6.07) is 1.68. The van der Waals surface area contributed by atoms with Crippen molar-refractivity contribution in [2.75, 3.05) is 18.4 Å². The quantitative estimate of drug-likeness (QED) is 0.837. The SMILES string of the molecule is CCNc1ccncc1S(=O)(=O)NCC1(C)CCC1. The highest BCUT2D eigenvalue weighted by molar-refractivity contribution is 7.89. The van der Waals surface area contributed by atoms with Gasteiger partial charge in [-0.1, -0.05) is 13.3 Å². The minimum Gasteiger partial charge on any atom is -0.384 e. The zero-order valence-electron chi connectivity index (χ0n) is 11.4. The van der Waals surface area contributed by atoms with Gasteiger partial charge in [0.15, 0.2) is 0 Å². The number of nitrogens with one attached hydrogen (secondary N) is 2. The number of hydrogen-bond donors (Lipinski definition) is 2. The third-order valence-corrected chi connectivity index (χ3v) is 5.12. The Morgan fingerprint density at radius 3 is 2.74 bits per heavy atom. The van der Waals surface area contributed by atoms with E-state index in [0.717, 1.165) is 12.8 Å². The predicted octanol–water partition coefficient (Wildman–Crippen LogP) is 1.98. The van der Waals surface area contributed by atoms with E-state index in [0.29, 0.717) is 18.8 Å². The standard InChI is InChI=1S/C13H21N3O2S/c1-3-15-11-5-8-14-9-12(11)19(17,18)16-10-13(2)6-4-7-13/h5,8-9,16H,3-4,6-7,10H2,1-2H3,(H,14,15). The Hall–Kier alpha value is -1.14. The molecule has 0 atom stereocenters. The van der Waals surface area contributed by atoms with Gasteiger partial charge in [0.2, 0.25) is 10.0 Å². The molecule has 5 nitrogen and oxygen atoms in total. The Morgan fingerprint density at radius 1 is 1.42 bits per heavy atom. The highest BCUT2D eigenvalue weighted by atomic mass is 32.2. The minimum atomic E-state index is -3.50. The summed E-state index contributed by atoms with van der Waals surface area (Å²) in [6.45, 7) is 5.22. The third kappa shape index (κ3) is 3.25. The van der Waals surface area contributed by atoms with Crippen molar-refractivity contribution in [3.8, 4) is 0 Å². The third-order valence-electron chi connectivity index (χ3n) is 3.69. The van der Waals surface area contributed by atoms with Crippen LogP contribution in [-0.2, 0) is 10.0 Å². The Bertz CT molecular complexity index is 539. The molecule has 2 rings (SSSR count). The summed E-state index contributed by atoms with van der Waals surface area (Å²) < 4.78 is 27.4. The van der Waals surface area contributed by atoms with Gasteiger partial charge >= 0.3 is 0 Å². The number of aromatic nitrogens is 1. The number of sulfonamides is 1. The summed E-state index contributed by atoms with van der Waals surface area (Å²) in [5.41, 5.74) is 0.719. The number of rotatable bonds is 6. The average Bonchev–Trinajstić information content (AvgIpc) is 2.35. The maximum atomic E-state index is 12.3. The van der Waals surface area contributed by atoms with Gasteiger partial charge in [0.1, 0.15) is 4.90 Å². The Kier molecular flexibility index (Phi) is 4.10. The van der Waals surface area contributed by atoms with Crippen LogP contribution in [0.3, 0.4) is 0 Å². The largest absolute Gasteiger partial charge is 0.384 e. The summed E-state index contributed by atoms with van der Waals surface area (Å²) in [5.74, 6) is 0. The Balaban J connectivity index is 2.14. The molecule has 2 N–H and O–H groups in total. The maximum absolute atomic E-state index is 12.3. The average molecular weight is 283 g/mol. The van der Waals surface area contributed by atoms with Crippen LogP contribution in [0.4, 0.5) is 5.69 Å². The molecule has 1 heterocycles. The van der Waals surface area contributed by atoms with Crippen molar-refractivity contribution in [2.24, 2.45) is 5.41 Å². The highest BCUT2D eigenvalue weighted by Gasteiger charge is 2.33. The zero-order valence-corrected chi connectivity index (χ0v) is 12.3. The first-order chi connectivity index (χ1) is 8.97. The molecule has 1 aromatic heterocycles. The molecule has 1 saturated carbocycles. The van der Waals surface area contributed by atoms with Gasteiger partial charge in [-0.05, 0) is 31.2 Å². The van der Waals surface area contributed by atoms with Crippen LogP contribution in [0.2, 0.25) is 0 Å². The number of nitrogens with zero attached hydrogens (tertiary/aromatic N) is 1. The molecule has 0 unspecified atom stereocenters. The second kappa shape index (κ2) is 5.46. The second-order valence-corrected chi connectivity index (χ2v) is 7.13. The van der Waals surface area contributed by atoms with E-state index in [9.17, 15) is 8.42 Å². The lowest BCUT2D eigenvalue weighted by Gasteiger charge is -2.38. The van der Waals surface area contributed by atoms with Crippen molar-refractivity contribution in [1.29, 1.82) is 0 Å². The van der Waals surface area contributed by atoms with E-state index in [4.69, 9.17) is 0 Å². The topological polar surface area (TPSA) is 71.1 Å². The predicted molar refractivity (Wildman–Crippen MR) is 75.5 cm³/mol. The normalized spacial score (nSPS) is 17.8. The number of anilines is 1. The van der Waals surface area contributed by atoms with Gasteiger partial charge < -0.3 is 5.32 Å². The molecule has 0 aliphatic heterocycles. The Morgan fingerprint density at radius 2 is 2.16 bits per heavy atom. The highest BCUT2D eigenvalue weighted by Crippen LogP contribution is 2.39. The lowest BCUT2D eigenvalue weighted by molar-refractivity contribution is 0.166. The van der Waals surface area contributed by atoms with Gasteiger partial charge in [-0.15, -0.1) is 0 Å². The van der Waals surface area contributed by atoms with E-state index in [1.165, 1.54) is 12.6 Å². The zero-order chi connectivity index (χ0) is 13.9. The molecule has 1 fully saturated rings. The van der Waals surface area contributed by atoms with Crippen LogP contribution in [0, 0.1) is 5.41 Å². The minimum absolute atomic E-state index is 0.119. The summed E-state index contributed by atoms with van der Waals surface area (Å²) in [6.07, 6.45) is 6.34. The van der Waals surface area contributed by atoms with Crippen LogP contribution in [0.1, 0.15) is 33.1 Å². The molecule has 0 radical (unpaired) electrons. The summed E-state index contributed by atoms with van der Waals surface area (Å²) in [7, 11) is -3.50. The molecule has 0 aromatic carbocycles. The molecular formula is C13H21N3O2S. The van der Waals surface area contributed by atoms with Crippen molar-refractivity contribution in [3.63, 3.8) is 0 Å². The Labute approximate surface area is 114 Å². The number of pyridine rings is 1. The second-order valence-electron chi connectivity index (χ2n) is 5.39. The van der Waals surface area contributed by atoms with Gasteiger partial charge in [0.25, 0.3) is 0 Å². The molecule has 1 aliphatic rings. The van der Waals surface area contributed by atoms with Crippen LogP contribution in [0.25, 0.3) is 0 Å². The number of hydrogen-bond acceptors (Lipinski definition) is 4. The fourth-order valence-corrected chi connectivity index (χ4v) is 3.56. The van der Waals surface area contributed by atoms with Crippen LogP contribution in [-0.4, -0.2) is 26.5 Å². The molecule has 0 bridgehead atoms. The first kappa shape index (κ1) is 14.3. The molecule has 1 aromatic rings. The van der Waals surface area contributed by atoms with E-state index in [-0.39, 0.29) is 10.3 Å². The maximum Gasteiger partial charge on any atom is 0.244 e. The van der Waals surface area contributed by atoms with E-state index in [1.54, 1.807) is 12.3 Å². The van der Waals surface area contributed by atoms with Crippen LogP contribution >= 0.6 is 0 Å². The lowest BCUT2D eigenvalue weighted by Crippen LogP contribution is -2.40. The fraction of sp³-hybridized carbons (Fsp3) is 0.615. The molecule has 106 valence electrons. The first-order valence-corrected chi connectivity index (χ1v) is 8.13. The van der Waals surface area contributed by atoms with Crippen molar-refractivity contribution >= 4 is 15.7 Å². The van der Waals surface area contributed by atoms with E-state index in [1.807, 2.05) is 6.92 Å². The van der Waals surface area contributed by atoms with Gasteiger partial charge in [-0.2, -0.15) is 0 Å². The van der Waals surface area contributed by atoms with Crippen molar-refractivity contribution in [3.05, 3.63) is 18.5 Å². The molecule has 6 heteroatoms. The summed E-state index contributed by atoms with van der Waals surface area (Å²) in [5, 5.41) is 3.05. The summed E-state index contributed by atoms with van der Waals surface area (Å²) in [4.78, 5) is 4.14. The van der Waals surface area contributed by atoms with Gasteiger partial charge in [-0.3, -0.25) is 4.98 Å². The monoisotopic (exact) mass is 283 g/mol. The van der Waals surface area contributed by atoms with Crippen LogP contribution in [0.5, 0.6) is 0 Å². The van der Waals surface area contributed by atoms with Crippen molar-refractivity contribution < 1.29 is 8.42 Å². The molecule has 0 spiro atoms. The fourth-order valence-electron chi connectivity index (χ4n) is 2.23. The molecule has 0 saturated heterocycles. The van der Waals surface area contributed by atoms with E-state index >= 15 is 0 Å². The first-order valence-electron chi connectivity index (χ1n) is 6.64. The summed E-state index contributed by atoms with van der Waals surface area (Å²) >= 11 is 0. The van der Waals surface area contributed by atoms with E-state index in [2.05, 4.69) is 21.9 Å². The van der Waals surface area contributed by atoms with E-state index < -0.39 is 10.0 Å². The van der Waals surface area contributed by atoms with Gasteiger partial charge in [0.05, 0.1) is 5.69 Å². The van der Waals surface area contributed by atoms with Crippen LogP contribution in [0.15, 0.2) is 23.4 Å². The molecule has 0 amide bonds. The lowest BCUT2D eigenvalue weighted by atomic mass is 9.71. The van der Waals surface area contributed by atoms with Crippen LogP contribution < -0.4 is 10.0 Å². The smallest absolute Gasteiger partial charge is 0.244 e. The van der Waals surface area contributed by atoms with Gasteiger partial charge in [-0.25, -0.2) is 13.1 Å². The van der Waals surface area contributed by atoms with Gasteiger partial charge in [0, 0.05) is 25.5 Å². The molecule has 1 aliphatic carbocycles. The molecular weight excluding hydrogens is 262 g/mol. The van der Waals surface area contributed by atoms with Crippen molar-refractivity contribution in [1.82, 2.24) is 9.71 Å². The van der Waals surface area contributed by atoms with Crippen molar-refractivity contribution in [2.45, 2.75) is 38.0 Å². The molecule has 19 heavy (non-hydrogen) atoms.